The van der Waals surface area contributed by atoms with E-state index in [9.17, 15) is 4.79 Å². The lowest BCUT2D eigenvalue weighted by atomic mass is 10.2. The lowest BCUT2D eigenvalue weighted by molar-refractivity contribution is 0.0827. The molecule has 1 rings (SSSR count). The zero-order valence-electron chi connectivity index (χ0n) is 7.48. The van der Waals surface area contributed by atoms with Crippen molar-refractivity contribution in [2.24, 2.45) is 0 Å². The molecule has 0 fully saturated rings. The third-order valence-electron chi connectivity index (χ3n) is 1.53. The number of carbonyl (C=O) groups excluding carboxylic acids is 1. The monoisotopic (exact) mass is 175 g/mol. The van der Waals surface area contributed by atoms with Gasteiger partial charge in [-0.15, -0.1) is 0 Å². The Morgan fingerprint density at radius 3 is 2.62 bits per heavy atom. The minimum Gasteiger partial charge on any atom is -0.345 e. The third-order valence-corrected chi connectivity index (χ3v) is 1.53. The standard InChI is InChI=1S/C9H9N3O/c1-12(2)9(13)7-3-4-8(5-10)11-6-7/h3-4,6H,1-2H3. The molecule has 0 aliphatic heterocycles. The molecule has 1 aromatic heterocycles. The largest absolute Gasteiger partial charge is 0.345 e. The molecule has 0 spiro atoms. The number of aromatic nitrogens is 1. The Labute approximate surface area is 76.4 Å². The topological polar surface area (TPSA) is 57.0 Å². The minimum absolute atomic E-state index is 0.114. The smallest absolute Gasteiger partial charge is 0.254 e. The van der Waals surface area contributed by atoms with Gasteiger partial charge in [0.25, 0.3) is 5.91 Å². The van der Waals surface area contributed by atoms with Crippen LogP contribution in [0.5, 0.6) is 0 Å². The second-order valence-corrected chi connectivity index (χ2v) is 2.74. The van der Waals surface area contributed by atoms with Gasteiger partial charge in [0.05, 0.1) is 5.56 Å². The first-order valence-electron chi connectivity index (χ1n) is 3.73. The summed E-state index contributed by atoms with van der Waals surface area (Å²) in [4.78, 5) is 16.6. The molecule has 66 valence electrons. The summed E-state index contributed by atoms with van der Waals surface area (Å²) in [5.74, 6) is -0.114. The van der Waals surface area contributed by atoms with Gasteiger partial charge in [-0.05, 0) is 12.1 Å². The Morgan fingerprint density at radius 1 is 1.54 bits per heavy atom. The summed E-state index contributed by atoms with van der Waals surface area (Å²) in [5, 5.41) is 8.47. The molecule has 0 saturated carbocycles. The van der Waals surface area contributed by atoms with Crippen molar-refractivity contribution < 1.29 is 4.79 Å². The van der Waals surface area contributed by atoms with E-state index in [-0.39, 0.29) is 5.91 Å². The number of pyridine rings is 1. The molecule has 0 aliphatic rings. The van der Waals surface area contributed by atoms with E-state index in [1.807, 2.05) is 6.07 Å². The van der Waals surface area contributed by atoms with Crippen molar-refractivity contribution in [1.82, 2.24) is 9.88 Å². The van der Waals surface area contributed by atoms with Crippen molar-refractivity contribution in [2.45, 2.75) is 0 Å². The Balaban J connectivity index is 2.94. The van der Waals surface area contributed by atoms with Crippen LogP contribution in [0.2, 0.25) is 0 Å². The maximum absolute atomic E-state index is 11.3. The van der Waals surface area contributed by atoms with E-state index in [0.29, 0.717) is 11.3 Å². The molecule has 0 bridgehead atoms. The molecule has 1 amide bonds. The maximum atomic E-state index is 11.3. The molecule has 0 aromatic carbocycles. The number of nitriles is 1. The second-order valence-electron chi connectivity index (χ2n) is 2.74. The van der Waals surface area contributed by atoms with Crippen molar-refractivity contribution in [3.63, 3.8) is 0 Å². The first kappa shape index (κ1) is 9.20. The summed E-state index contributed by atoms with van der Waals surface area (Å²) in [7, 11) is 3.33. The van der Waals surface area contributed by atoms with Crippen LogP contribution in [0, 0.1) is 11.3 Å². The highest BCUT2D eigenvalue weighted by molar-refractivity contribution is 5.93. The van der Waals surface area contributed by atoms with Crippen LogP contribution in [0.4, 0.5) is 0 Å². The average Bonchev–Trinajstić information content (AvgIpc) is 2.17. The fourth-order valence-electron chi connectivity index (χ4n) is 0.845. The number of rotatable bonds is 1. The van der Waals surface area contributed by atoms with Gasteiger partial charge in [0, 0.05) is 20.3 Å². The van der Waals surface area contributed by atoms with Crippen molar-refractivity contribution in [3.05, 3.63) is 29.6 Å². The number of amides is 1. The molecule has 0 N–H and O–H groups in total. The SMILES string of the molecule is CN(C)C(=O)c1ccc(C#N)nc1. The van der Waals surface area contributed by atoms with Crippen LogP contribution < -0.4 is 0 Å². The number of hydrogen-bond acceptors (Lipinski definition) is 3. The van der Waals surface area contributed by atoms with Gasteiger partial charge in [-0.25, -0.2) is 4.98 Å². The van der Waals surface area contributed by atoms with Gasteiger partial charge in [-0.3, -0.25) is 4.79 Å². The molecule has 0 atom stereocenters. The lowest BCUT2D eigenvalue weighted by Gasteiger charge is -2.08. The number of hydrogen-bond donors (Lipinski definition) is 0. The molecule has 4 nitrogen and oxygen atoms in total. The number of nitrogens with zero attached hydrogens (tertiary/aromatic N) is 3. The average molecular weight is 175 g/mol. The molecule has 0 unspecified atom stereocenters. The molecule has 0 aliphatic carbocycles. The highest BCUT2D eigenvalue weighted by Crippen LogP contribution is 2.01. The molecular formula is C9H9N3O. The number of carbonyl (C=O) groups is 1. The van der Waals surface area contributed by atoms with Gasteiger partial charge in [0.15, 0.2) is 0 Å². The fraction of sp³-hybridized carbons (Fsp3) is 0.222. The maximum Gasteiger partial charge on any atom is 0.254 e. The molecule has 0 radical (unpaired) electrons. The molecule has 1 aromatic rings. The van der Waals surface area contributed by atoms with Gasteiger partial charge in [-0.2, -0.15) is 5.26 Å². The van der Waals surface area contributed by atoms with Crippen molar-refractivity contribution in [2.75, 3.05) is 14.1 Å². The summed E-state index contributed by atoms with van der Waals surface area (Å²) in [6.45, 7) is 0. The zero-order valence-corrected chi connectivity index (χ0v) is 7.48. The van der Waals surface area contributed by atoms with Crippen LogP contribution in [-0.4, -0.2) is 29.9 Å². The Kier molecular flexibility index (Phi) is 2.60. The fourth-order valence-corrected chi connectivity index (χ4v) is 0.845. The Bertz CT molecular complexity index is 348. The summed E-state index contributed by atoms with van der Waals surface area (Å²) < 4.78 is 0. The minimum atomic E-state index is -0.114. The summed E-state index contributed by atoms with van der Waals surface area (Å²) in [5.41, 5.74) is 0.805. The van der Waals surface area contributed by atoms with E-state index in [1.54, 1.807) is 20.2 Å². The van der Waals surface area contributed by atoms with Crippen LogP contribution in [0.3, 0.4) is 0 Å². The van der Waals surface area contributed by atoms with Gasteiger partial charge in [0.1, 0.15) is 11.8 Å². The van der Waals surface area contributed by atoms with E-state index >= 15 is 0 Å². The van der Waals surface area contributed by atoms with Crippen molar-refractivity contribution in [3.8, 4) is 6.07 Å². The first-order valence-corrected chi connectivity index (χ1v) is 3.73. The summed E-state index contributed by atoms with van der Waals surface area (Å²) >= 11 is 0. The van der Waals surface area contributed by atoms with Crippen LogP contribution >= 0.6 is 0 Å². The van der Waals surface area contributed by atoms with Crippen molar-refractivity contribution in [1.29, 1.82) is 5.26 Å². The first-order chi connectivity index (χ1) is 6.15. The molecule has 1 heterocycles. The van der Waals surface area contributed by atoms with E-state index in [4.69, 9.17) is 5.26 Å². The van der Waals surface area contributed by atoms with Crippen LogP contribution in [0.15, 0.2) is 18.3 Å². The van der Waals surface area contributed by atoms with E-state index < -0.39 is 0 Å². The quantitative estimate of drug-likeness (QED) is 0.629. The van der Waals surface area contributed by atoms with Crippen LogP contribution in [-0.2, 0) is 0 Å². The third kappa shape index (κ3) is 2.03. The van der Waals surface area contributed by atoms with Gasteiger partial charge in [-0.1, -0.05) is 0 Å². The highest BCUT2D eigenvalue weighted by Gasteiger charge is 2.07. The zero-order chi connectivity index (χ0) is 9.84. The van der Waals surface area contributed by atoms with E-state index in [1.165, 1.54) is 17.2 Å². The van der Waals surface area contributed by atoms with E-state index in [2.05, 4.69) is 4.98 Å². The Hall–Kier alpha value is -1.89. The van der Waals surface area contributed by atoms with Gasteiger partial charge >= 0.3 is 0 Å². The van der Waals surface area contributed by atoms with Crippen LogP contribution in [0.1, 0.15) is 16.1 Å². The predicted octanol–water partition coefficient (Wildman–Crippen LogP) is 0.655. The Morgan fingerprint density at radius 2 is 2.23 bits per heavy atom. The highest BCUT2D eigenvalue weighted by atomic mass is 16.2. The lowest BCUT2D eigenvalue weighted by Crippen LogP contribution is -2.21. The van der Waals surface area contributed by atoms with E-state index in [0.717, 1.165) is 0 Å². The van der Waals surface area contributed by atoms with Gasteiger partial charge < -0.3 is 4.90 Å². The summed E-state index contributed by atoms with van der Waals surface area (Å²) in [6, 6.07) is 5.00. The van der Waals surface area contributed by atoms with Gasteiger partial charge in [0.2, 0.25) is 0 Å². The normalized spacial score (nSPS) is 9.00. The van der Waals surface area contributed by atoms with Crippen molar-refractivity contribution >= 4 is 5.91 Å². The molecule has 4 heteroatoms. The molecular weight excluding hydrogens is 166 g/mol. The molecule has 0 saturated heterocycles. The van der Waals surface area contributed by atoms with Crippen LogP contribution in [0.25, 0.3) is 0 Å². The second kappa shape index (κ2) is 3.68. The predicted molar refractivity (Wildman–Crippen MR) is 47.0 cm³/mol. The molecule has 13 heavy (non-hydrogen) atoms. The summed E-state index contributed by atoms with van der Waals surface area (Å²) in [6.07, 6.45) is 1.40.